The fourth-order valence-corrected chi connectivity index (χ4v) is 2.09. The molecule has 1 aromatic carbocycles. The molecule has 110 valence electrons. The lowest BCUT2D eigenvalue weighted by Gasteiger charge is -2.07. The summed E-state index contributed by atoms with van der Waals surface area (Å²) in [6.07, 6.45) is 2.11. The number of amides is 1. The van der Waals surface area contributed by atoms with E-state index in [-0.39, 0.29) is 11.3 Å². The van der Waals surface area contributed by atoms with Gasteiger partial charge in [-0.1, -0.05) is 0 Å². The summed E-state index contributed by atoms with van der Waals surface area (Å²) < 4.78 is 10.9. The number of nitrogens with zero attached hydrogens (tertiary/aromatic N) is 1. The number of rotatable bonds is 7. The molecule has 0 saturated heterocycles. The van der Waals surface area contributed by atoms with Gasteiger partial charge in [0, 0.05) is 41.1 Å². The summed E-state index contributed by atoms with van der Waals surface area (Å²) >= 11 is 0. The van der Waals surface area contributed by atoms with Crippen LogP contribution in [0.2, 0.25) is 0 Å². The van der Waals surface area contributed by atoms with Crippen molar-refractivity contribution in [2.45, 2.75) is 6.42 Å². The third kappa shape index (κ3) is 4.59. The number of carbonyl (C=O) groups is 1. The first kappa shape index (κ1) is 16.1. The van der Waals surface area contributed by atoms with Crippen LogP contribution in [0.3, 0.4) is 0 Å². The molecule has 0 aromatic heterocycles. The Labute approximate surface area is 118 Å². The summed E-state index contributed by atoms with van der Waals surface area (Å²) in [5, 5.41) is 13.4. The number of anilines is 1. The Morgan fingerprint density at radius 3 is 2.75 bits per heavy atom. The van der Waals surface area contributed by atoms with Crippen molar-refractivity contribution in [1.29, 1.82) is 0 Å². The summed E-state index contributed by atoms with van der Waals surface area (Å²) in [4.78, 5) is 22.2. The molecule has 20 heavy (non-hydrogen) atoms. The maximum absolute atomic E-state index is 11.9. The quantitative estimate of drug-likeness (QED) is 0.289. The van der Waals surface area contributed by atoms with Gasteiger partial charge in [0.2, 0.25) is 0 Å². The maximum Gasteiger partial charge on any atom is 0.282 e. The van der Waals surface area contributed by atoms with E-state index in [4.69, 9.17) is 5.84 Å². The molecule has 4 N–H and O–H groups in total. The molecular formula is C11H16N4O4S. The number of nitrogens with one attached hydrogen (secondary N) is 2. The fraction of sp³-hybridized carbons (Fsp3) is 0.364. The molecule has 0 aliphatic carbocycles. The molecule has 1 aromatic rings. The summed E-state index contributed by atoms with van der Waals surface area (Å²) in [5.74, 6) is 5.12. The molecule has 1 unspecified atom stereocenters. The first-order valence-electron chi connectivity index (χ1n) is 5.79. The number of hydrazine groups is 1. The van der Waals surface area contributed by atoms with Crippen LogP contribution in [-0.4, -0.2) is 33.6 Å². The molecule has 9 heteroatoms. The SMILES string of the molecule is CS(=O)CCCNC(=O)c1cc(NN)ccc1[N+](=O)[O-]. The number of benzene rings is 1. The highest BCUT2D eigenvalue weighted by Crippen LogP contribution is 2.22. The lowest BCUT2D eigenvalue weighted by atomic mass is 10.1. The third-order valence-corrected chi connectivity index (χ3v) is 3.36. The predicted octanol–water partition coefficient (Wildman–Crippen LogP) is 0.379. The Kier molecular flexibility index (Phi) is 6.07. The van der Waals surface area contributed by atoms with Crippen molar-refractivity contribution >= 4 is 28.1 Å². The molecular weight excluding hydrogens is 284 g/mol. The van der Waals surface area contributed by atoms with Gasteiger partial charge in [0.1, 0.15) is 5.56 Å². The number of nitro groups is 1. The van der Waals surface area contributed by atoms with Gasteiger partial charge in [0.15, 0.2) is 0 Å². The van der Waals surface area contributed by atoms with Gasteiger partial charge in [0.25, 0.3) is 11.6 Å². The fourth-order valence-electron chi connectivity index (χ4n) is 1.54. The van der Waals surface area contributed by atoms with Gasteiger partial charge in [0.05, 0.1) is 4.92 Å². The summed E-state index contributed by atoms with van der Waals surface area (Å²) in [7, 11) is -0.928. The van der Waals surface area contributed by atoms with Gasteiger partial charge < -0.3 is 10.7 Å². The molecule has 8 nitrogen and oxygen atoms in total. The van der Waals surface area contributed by atoms with Crippen LogP contribution >= 0.6 is 0 Å². The molecule has 1 atom stereocenters. The Morgan fingerprint density at radius 1 is 1.50 bits per heavy atom. The Bertz CT molecular complexity index is 535. The number of hydrogen-bond acceptors (Lipinski definition) is 6. The molecule has 0 bridgehead atoms. The first-order chi connectivity index (χ1) is 9.45. The lowest BCUT2D eigenvalue weighted by Crippen LogP contribution is -2.26. The Morgan fingerprint density at radius 2 is 2.20 bits per heavy atom. The average molecular weight is 300 g/mol. The van der Waals surface area contributed by atoms with Crippen molar-refractivity contribution in [3.63, 3.8) is 0 Å². The van der Waals surface area contributed by atoms with Crippen LogP contribution in [0.5, 0.6) is 0 Å². The van der Waals surface area contributed by atoms with Gasteiger partial charge >= 0.3 is 0 Å². The second-order valence-electron chi connectivity index (χ2n) is 4.02. The molecule has 0 spiro atoms. The van der Waals surface area contributed by atoms with Crippen molar-refractivity contribution < 1.29 is 13.9 Å². The third-order valence-electron chi connectivity index (χ3n) is 2.50. The van der Waals surface area contributed by atoms with Gasteiger partial charge in [-0.05, 0) is 18.6 Å². The van der Waals surface area contributed by atoms with Crippen LogP contribution in [0.15, 0.2) is 18.2 Å². The topological polar surface area (TPSA) is 127 Å². The van der Waals surface area contributed by atoms with E-state index in [0.717, 1.165) is 0 Å². The Hall–Kier alpha value is -2.00. The van der Waals surface area contributed by atoms with E-state index in [1.54, 1.807) is 6.26 Å². The number of nitro benzene ring substituents is 1. The zero-order valence-electron chi connectivity index (χ0n) is 10.9. The highest BCUT2D eigenvalue weighted by atomic mass is 32.2. The van der Waals surface area contributed by atoms with Crippen molar-refractivity contribution in [2.75, 3.05) is 24.0 Å². The van der Waals surface area contributed by atoms with E-state index in [1.165, 1.54) is 18.2 Å². The first-order valence-corrected chi connectivity index (χ1v) is 7.51. The zero-order valence-corrected chi connectivity index (χ0v) is 11.7. The standard InChI is InChI=1S/C11H16N4O4S/c1-20(19)6-2-5-13-11(16)9-7-8(14-12)3-4-10(9)15(17)18/h3-4,7,14H,2,5-6,12H2,1H3,(H,13,16). The van der Waals surface area contributed by atoms with E-state index < -0.39 is 21.6 Å². The second kappa shape index (κ2) is 7.56. The second-order valence-corrected chi connectivity index (χ2v) is 5.57. The molecule has 0 saturated carbocycles. The highest BCUT2D eigenvalue weighted by molar-refractivity contribution is 7.84. The van der Waals surface area contributed by atoms with E-state index >= 15 is 0 Å². The molecule has 0 fully saturated rings. The van der Waals surface area contributed by atoms with Gasteiger partial charge in [-0.15, -0.1) is 0 Å². The van der Waals surface area contributed by atoms with Gasteiger partial charge in [-0.25, -0.2) is 0 Å². The number of nitrogen functional groups attached to an aromatic ring is 1. The van der Waals surface area contributed by atoms with E-state index in [9.17, 15) is 19.1 Å². The minimum absolute atomic E-state index is 0.0666. The molecule has 0 heterocycles. The largest absolute Gasteiger partial charge is 0.352 e. The lowest BCUT2D eigenvalue weighted by molar-refractivity contribution is -0.385. The van der Waals surface area contributed by atoms with Crippen LogP contribution in [0.4, 0.5) is 11.4 Å². The molecule has 1 amide bonds. The molecule has 1 rings (SSSR count). The van der Waals surface area contributed by atoms with Crippen molar-refractivity contribution in [2.24, 2.45) is 5.84 Å². The van der Waals surface area contributed by atoms with E-state index in [2.05, 4.69) is 10.7 Å². The van der Waals surface area contributed by atoms with Crippen molar-refractivity contribution in [1.82, 2.24) is 5.32 Å². The summed E-state index contributed by atoms with van der Waals surface area (Å²) in [6.45, 7) is 0.301. The highest BCUT2D eigenvalue weighted by Gasteiger charge is 2.20. The maximum atomic E-state index is 11.9. The van der Waals surface area contributed by atoms with Crippen LogP contribution in [0.25, 0.3) is 0 Å². The monoisotopic (exact) mass is 300 g/mol. The average Bonchev–Trinajstić information content (AvgIpc) is 2.42. The minimum atomic E-state index is -0.928. The van der Waals surface area contributed by atoms with Crippen molar-refractivity contribution in [3.05, 3.63) is 33.9 Å². The number of carbonyl (C=O) groups excluding carboxylic acids is 1. The van der Waals surface area contributed by atoms with Crippen LogP contribution in [0, 0.1) is 10.1 Å². The van der Waals surface area contributed by atoms with Gasteiger partial charge in [-0.2, -0.15) is 0 Å². The van der Waals surface area contributed by atoms with Crippen LogP contribution in [0.1, 0.15) is 16.8 Å². The zero-order chi connectivity index (χ0) is 15.1. The van der Waals surface area contributed by atoms with E-state index in [1.807, 2.05) is 0 Å². The van der Waals surface area contributed by atoms with Gasteiger partial charge in [-0.3, -0.25) is 25.0 Å². The molecule has 0 aliphatic rings. The number of nitrogens with two attached hydrogens (primary N) is 1. The summed E-state index contributed by atoms with van der Waals surface area (Å²) in [6, 6.07) is 3.94. The normalized spacial score (nSPS) is 11.7. The van der Waals surface area contributed by atoms with E-state index in [0.29, 0.717) is 24.4 Å². The summed E-state index contributed by atoms with van der Waals surface area (Å²) in [5.41, 5.74) is 2.37. The smallest absolute Gasteiger partial charge is 0.282 e. The number of hydrogen-bond donors (Lipinski definition) is 3. The van der Waals surface area contributed by atoms with Crippen LogP contribution < -0.4 is 16.6 Å². The van der Waals surface area contributed by atoms with Crippen LogP contribution in [-0.2, 0) is 10.8 Å². The molecule has 0 radical (unpaired) electrons. The Balaban J connectivity index is 2.79. The minimum Gasteiger partial charge on any atom is -0.352 e. The molecule has 0 aliphatic heterocycles. The predicted molar refractivity (Wildman–Crippen MR) is 76.8 cm³/mol. The van der Waals surface area contributed by atoms with Crippen molar-refractivity contribution in [3.8, 4) is 0 Å².